The first-order valence-corrected chi connectivity index (χ1v) is 7.84. The van der Waals surface area contributed by atoms with Crippen LogP contribution in [0.2, 0.25) is 0 Å². The number of nitrogens with one attached hydrogen (secondary N) is 2. The molecular weight excluding hydrogens is 311 g/mol. The zero-order valence-electron chi connectivity index (χ0n) is 14.1. The van der Waals surface area contributed by atoms with Gasteiger partial charge in [0.2, 0.25) is 0 Å². The first-order chi connectivity index (χ1) is 11.3. The number of halogens is 1. The smallest absolute Gasteiger partial charge is 0.315 e. The van der Waals surface area contributed by atoms with Gasteiger partial charge in [-0.25, -0.2) is 9.18 Å². The summed E-state index contributed by atoms with van der Waals surface area (Å²) in [6, 6.07) is 9.13. The molecule has 2 rings (SSSR count). The van der Waals surface area contributed by atoms with Crippen LogP contribution in [0.5, 0.6) is 0 Å². The van der Waals surface area contributed by atoms with E-state index in [1.54, 1.807) is 32.0 Å². The zero-order valence-corrected chi connectivity index (χ0v) is 14.1. The highest BCUT2D eigenvalue weighted by Crippen LogP contribution is 2.21. The number of aryl methyl sites for hydroxylation is 1. The molecule has 130 valence electrons. The maximum Gasteiger partial charge on any atom is 0.315 e. The molecule has 2 amide bonds. The van der Waals surface area contributed by atoms with Crippen LogP contribution in [0.25, 0.3) is 0 Å². The summed E-state index contributed by atoms with van der Waals surface area (Å²) in [4.78, 5) is 12.0. The van der Waals surface area contributed by atoms with Crippen molar-refractivity contribution in [1.29, 1.82) is 0 Å². The van der Waals surface area contributed by atoms with E-state index in [2.05, 4.69) is 10.6 Å². The molecule has 3 N–H and O–H groups in total. The third kappa shape index (κ3) is 5.09. The second kappa shape index (κ2) is 7.49. The van der Waals surface area contributed by atoms with Gasteiger partial charge in [0.25, 0.3) is 0 Å². The number of amides is 2. The van der Waals surface area contributed by atoms with E-state index < -0.39 is 11.6 Å². The average Bonchev–Trinajstić information content (AvgIpc) is 2.93. The molecule has 5 nitrogen and oxygen atoms in total. The number of urea groups is 1. The van der Waals surface area contributed by atoms with E-state index in [9.17, 15) is 14.3 Å². The van der Waals surface area contributed by atoms with E-state index in [0.29, 0.717) is 17.9 Å². The van der Waals surface area contributed by atoms with Crippen LogP contribution in [0.1, 0.15) is 30.9 Å². The number of carbonyl (C=O) groups is 1. The van der Waals surface area contributed by atoms with Gasteiger partial charge in [-0.3, -0.25) is 0 Å². The Labute approximate surface area is 140 Å². The summed E-state index contributed by atoms with van der Waals surface area (Å²) in [5, 5.41) is 15.8. The number of aliphatic hydroxyl groups is 1. The molecule has 1 heterocycles. The molecule has 0 fully saturated rings. The number of carbonyl (C=O) groups excluding carboxylic acids is 1. The van der Waals surface area contributed by atoms with Gasteiger partial charge in [0.05, 0.1) is 6.54 Å². The number of hydrogen-bond donors (Lipinski definition) is 3. The molecule has 0 radical (unpaired) electrons. The zero-order chi connectivity index (χ0) is 17.7. The van der Waals surface area contributed by atoms with Crippen molar-refractivity contribution in [3.63, 3.8) is 0 Å². The fraction of sp³-hybridized carbons (Fsp3) is 0.389. The average molecular weight is 334 g/mol. The van der Waals surface area contributed by atoms with E-state index in [4.69, 9.17) is 4.42 Å². The number of furan rings is 1. The van der Waals surface area contributed by atoms with Crippen molar-refractivity contribution in [2.45, 2.75) is 38.8 Å². The number of rotatable bonds is 6. The third-order valence-electron chi connectivity index (χ3n) is 3.67. The Bertz CT molecular complexity index is 697. The van der Waals surface area contributed by atoms with Gasteiger partial charge in [-0.2, -0.15) is 0 Å². The Morgan fingerprint density at radius 3 is 2.75 bits per heavy atom. The Morgan fingerprint density at radius 2 is 2.12 bits per heavy atom. The van der Waals surface area contributed by atoms with Crippen LogP contribution < -0.4 is 10.6 Å². The van der Waals surface area contributed by atoms with E-state index >= 15 is 0 Å². The molecule has 0 spiro atoms. The highest BCUT2D eigenvalue weighted by molar-refractivity contribution is 5.74. The van der Waals surface area contributed by atoms with Gasteiger partial charge in [-0.1, -0.05) is 12.1 Å². The highest BCUT2D eigenvalue weighted by Gasteiger charge is 2.27. The van der Waals surface area contributed by atoms with E-state index in [1.807, 2.05) is 13.0 Å². The topological polar surface area (TPSA) is 74.5 Å². The molecule has 2 aromatic rings. The Kier molecular flexibility index (Phi) is 5.62. The van der Waals surface area contributed by atoms with Crippen molar-refractivity contribution in [2.24, 2.45) is 0 Å². The lowest BCUT2D eigenvalue weighted by atomic mass is 10.0. The summed E-state index contributed by atoms with van der Waals surface area (Å²) in [7, 11) is 0. The van der Waals surface area contributed by atoms with Crippen LogP contribution in [-0.2, 0) is 12.0 Å². The fourth-order valence-corrected chi connectivity index (χ4v) is 2.41. The Hall–Kier alpha value is -2.34. The van der Waals surface area contributed by atoms with E-state index in [1.165, 1.54) is 12.1 Å². The van der Waals surface area contributed by atoms with Gasteiger partial charge in [0.15, 0.2) is 0 Å². The lowest BCUT2D eigenvalue weighted by Gasteiger charge is -2.22. The molecule has 0 saturated carbocycles. The molecule has 1 aromatic heterocycles. The lowest BCUT2D eigenvalue weighted by molar-refractivity contribution is 0.0359. The first-order valence-electron chi connectivity index (χ1n) is 7.84. The first kappa shape index (κ1) is 18.0. The van der Waals surface area contributed by atoms with Crippen molar-refractivity contribution >= 4 is 6.03 Å². The molecule has 6 heteroatoms. The predicted octanol–water partition coefficient (Wildman–Crippen LogP) is 2.87. The van der Waals surface area contributed by atoms with Crippen LogP contribution in [0.4, 0.5) is 9.18 Å². The van der Waals surface area contributed by atoms with Crippen LogP contribution in [0.3, 0.4) is 0 Å². The Morgan fingerprint density at radius 1 is 1.38 bits per heavy atom. The minimum Gasteiger partial charge on any atom is -0.463 e. The number of benzene rings is 1. The molecule has 1 aromatic carbocycles. The SMILES string of the molecule is Cc1ccc(C(C)(O)CNC(=O)NC(C)Cc2cccc(F)c2)o1. The second-order valence-electron chi connectivity index (χ2n) is 6.25. The summed E-state index contributed by atoms with van der Waals surface area (Å²) in [6.45, 7) is 5.20. The molecule has 0 bridgehead atoms. The molecule has 0 aliphatic rings. The van der Waals surface area contributed by atoms with Crippen molar-refractivity contribution in [2.75, 3.05) is 6.54 Å². The summed E-state index contributed by atoms with van der Waals surface area (Å²) >= 11 is 0. The highest BCUT2D eigenvalue weighted by atomic mass is 19.1. The molecule has 2 unspecified atom stereocenters. The van der Waals surface area contributed by atoms with Gasteiger partial charge >= 0.3 is 6.03 Å². The monoisotopic (exact) mass is 334 g/mol. The number of hydrogen-bond acceptors (Lipinski definition) is 3. The van der Waals surface area contributed by atoms with Crippen molar-refractivity contribution < 1.29 is 18.7 Å². The summed E-state index contributed by atoms with van der Waals surface area (Å²) in [6.07, 6.45) is 0.513. The lowest BCUT2D eigenvalue weighted by Crippen LogP contribution is -2.46. The van der Waals surface area contributed by atoms with Gasteiger partial charge < -0.3 is 20.2 Å². The van der Waals surface area contributed by atoms with Gasteiger partial charge in [0.1, 0.15) is 22.9 Å². The van der Waals surface area contributed by atoms with E-state index in [-0.39, 0.29) is 18.4 Å². The van der Waals surface area contributed by atoms with Crippen molar-refractivity contribution in [1.82, 2.24) is 10.6 Å². The third-order valence-corrected chi connectivity index (χ3v) is 3.67. The Balaban J connectivity index is 1.82. The molecule has 24 heavy (non-hydrogen) atoms. The largest absolute Gasteiger partial charge is 0.463 e. The minimum absolute atomic E-state index is 0.0124. The summed E-state index contributed by atoms with van der Waals surface area (Å²) in [5.74, 6) is 0.792. The van der Waals surface area contributed by atoms with Gasteiger partial charge in [-0.15, -0.1) is 0 Å². The molecule has 2 atom stereocenters. The minimum atomic E-state index is -1.29. The van der Waals surface area contributed by atoms with Gasteiger partial charge in [-0.05, 0) is 57.0 Å². The normalized spacial score (nSPS) is 14.7. The van der Waals surface area contributed by atoms with Crippen LogP contribution in [-0.4, -0.2) is 23.7 Å². The van der Waals surface area contributed by atoms with E-state index in [0.717, 1.165) is 5.56 Å². The molecule has 0 aliphatic heterocycles. The maximum absolute atomic E-state index is 13.2. The fourth-order valence-electron chi connectivity index (χ4n) is 2.41. The van der Waals surface area contributed by atoms with Crippen molar-refractivity contribution in [3.05, 3.63) is 59.3 Å². The molecule has 0 aliphatic carbocycles. The van der Waals surface area contributed by atoms with Crippen LogP contribution >= 0.6 is 0 Å². The second-order valence-corrected chi connectivity index (χ2v) is 6.25. The quantitative estimate of drug-likeness (QED) is 0.760. The van der Waals surface area contributed by atoms with Crippen LogP contribution in [0.15, 0.2) is 40.8 Å². The van der Waals surface area contributed by atoms with Gasteiger partial charge in [0, 0.05) is 6.04 Å². The summed E-state index contributed by atoms with van der Waals surface area (Å²) < 4.78 is 18.6. The van der Waals surface area contributed by atoms with Crippen molar-refractivity contribution in [3.8, 4) is 0 Å². The standard InChI is InChI=1S/C18H23FN2O3/c1-12(9-14-5-4-6-15(19)10-14)21-17(22)20-11-18(3,23)16-8-7-13(2)24-16/h4-8,10,12,23H,9,11H2,1-3H3,(H2,20,21,22). The maximum atomic E-state index is 13.2. The molecular formula is C18H23FN2O3. The molecule has 0 saturated heterocycles. The van der Waals surface area contributed by atoms with Crippen LogP contribution in [0, 0.1) is 12.7 Å². The summed E-state index contributed by atoms with van der Waals surface area (Å²) in [5.41, 5.74) is -0.488. The predicted molar refractivity (Wildman–Crippen MR) is 89.1 cm³/mol.